The van der Waals surface area contributed by atoms with Crippen molar-refractivity contribution in [1.29, 1.82) is 0 Å². The van der Waals surface area contributed by atoms with Crippen LogP contribution in [0.5, 0.6) is 0 Å². The molecule has 7 heteroatoms. The van der Waals surface area contributed by atoms with Crippen LogP contribution in [0.25, 0.3) is 0 Å². The molecule has 1 aliphatic carbocycles. The van der Waals surface area contributed by atoms with Gasteiger partial charge in [-0.1, -0.05) is 0 Å². The standard InChI is InChI=1S/C17H23BN2O4/c1-11-8-19(10-14(18)24-11)17(23)13-4-2-12(3-5-13)9-20-15(21)6-7-16(20)22/h6-7,11-14H,2-5,8-10H2,1H3. The lowest BCUT2D eigenvalue weighted by molar-refractivity contribution is -0.146. The smallest absolute Gasteiger partial charge is 0.253 e. The molecule has 2 radical (unpaired) electrons. The van der Waals surface area contributed by atoms with Gasteiger partial charge in [0.25, 0.3) is 11.8 Å². The van der Waals surface area contributed by atoms with Crippen LogP contribution in [0.4, 0.5) is 0 Å². The van der Waals surface area contributed by atoms with Gasteiger partial charge in [-0.05, 0) is 38.5 Å². The van der Waals surface area contributed by atoms with Gasteiger partial charge in [0.1, 0.15) is 7.85 Å². The predicted octanol–water partition coefficient (Wildman–Crippen LogP) is 0.460. The molecule has 24 heavy (non-hydrogen) atoms. The first-order chi connectivity index (χ1) is 11.4. The van der Waals surface area contributed by atoms with E-state index in [1.165, 1.54) is 17.1 Å². The second kappa shape index (κ2) is 7.09. The van der Waals surface area contributed by atoms with Crippen molar-refractivity contribution in [2.24, 2.45) is 11.8 Å². The van der Waals surface area contributed by atoms with Crippen LogP contribution in [0.2, 0.25) is 0 Å². The van der Waals surface area contributed by atoms with Gasteiger partial charge in [-0.3, -0.25) is 19.3 Å². The monoisotopic (exact) mass is 330 g/mol. The normalized spacial score (nSPS) is 34.0. The van der Waals surface area contributed by atoms with E-state index in [4.69, 9.17) is 12.6 Å². The highest BCUT2D eigenvalue weighted by atomic mass is 16.5. The highest BCUT2D eigenvalue weighted by Crippen LogP contribution is 2.31. The molecule has 0 aromatic heterocycles. The fraction of sp³-hybridized carbons (Fsp3) is 0.706. The second-order valence-corrected chi connectivity index (χ2v) is 7.07. The molecule has 0 N–H and O–H groups in total. The summed E-state index contributed by atoms with van der Waals surface area (Å²) in [5.74, 6) is 0.00704. The Morgan fingerprint density at radius 1 is 1.17 bits per heavy atom. The quantitative estimate of drug-likeness (QED) is 0.557. The number of ether oxygens (including phenoxy) is 1. The Morgan fingerprint density at radius 3 is 2.38 bits per heavy atom. The van der Waals surface area contributed by atoms with E-state index in [1.54, 1.807) is 0 Å². The van der Waals surface area contributed by atoms with Gasteiger partial charge in [0.2, 0.25) is 5.91 Å². The molecule has 2 atom stereocenters. The van der Waals surface area contributed by atoms with Crippen LogP contribution in [0.15, 0.2) is 12.2 Å². The average molecular weight is 330 g/mol. The van der Waals surface area contributed by atoms with E-state index in [9.17, 15) is 14.4 Å². The summed E-state index contributed by atoms with van der Waals surface area (Å²) in [4.78, 5) is 39.1. The number of amides is 3. The van der Waals surface area contributed by atoms with Crippen LogP contribution in [-0.2, 0) is 19.1 Å². The lowest BCUT2D eigenvalue weighted by Gasteiger charge is -2.39. The molecule has 1 saturated carbocycles. The maximum absolute atomic E-state index is 12.7. The maximum Gasteiger partial charge on any atom is 0.253 e. The van der Waals surface area contributed by atoms with Crippen LogP contribution >= 0.6 is 0 Å². The van der Waals surface area contributed by atoms with Gasteiger partial charge in [0.05, 0.1) is 6.10 Å². The summed E-state index contributed by atoms with van der Waals surface area (Å²) in [5, 5.41) is 0. The zero-order valence-corrected chi connectivity index (χ0v) is 14.0. The number of rotatable bonds is 3. The zero-order chi connectivity index (χ0) is 17.3. The highest BCUT2D eigenvalue weighted by Gasteiger charge is 2.34. The van der Waals surface area contributed by atoms with E-state index < -0.39 is 6.00 Å². The van der Waals surface area contributed by atoms with Crippen molar-refractivity contribution in [2.45, 2.75) is 44.7 Å². The Morgan fingerprint density at radius 2 is 1.79 bits per heavy atom. The topological polar surface area (TPSA) is 66.9 Å². The molecule has 2 heterocycles. The third-order valence-electron chi connectivity index (χ3n) is 5.13. The van der Waals surface area contributed by atoms with Crippen LogP contribution in [0.1, 0.15) is 32.6 Å². The Labute approximate surface area is 143 Å². The summed E-state index contributed by atoms with van der Waals surface area (Å²) < 4.78 is 5.47. The number of morpholine rings is 1. The fourth-order valence-corrected chi connectivity index (χ4v) is 3.89. The van der Waals surface area contributed by atoms with Gasteiger partial charge in [0, 0.05) is 43.7 Å². The summed E-state index contributed by atoms with van der Waals surface area (Å²) in [6.45, 7) is 3.43. The minimum absolute atomic E-state index is 0.0156. The molecule has 0 aromatic carbocycles. The van der Waals surface area contributed by atoms with Crippen LogP contribution in [-0.4, -0.2) is 67.1 Å². The van der Waals surface area contributed by atoms with Gasteiger partial charge in [-0.2, -0.15) is 0 Å². The van der Waals surface area contributed by atoms with E-state index in [2.05, 4.69) is 0 Å². The molecule has 2 fully saturated rings. The molecule has 0 aromatic rings. The molecular weight excluding hydrogens is 307 g/mol. The van der Waals surface area contributed by atoms with Crippen molar-refractivity contribution in [3.8, 4) is 0 Å². The molecule has 1 saturated heterocycles. The number of hydrogen-bond donors (Lipinski definition) is 0. The Kier molecular flexibility index (Phi) is 5.08. The van der Waals surface area contributed by atoms with E-state index in [1.807, 2.05) is 11.8 Å². The predicted molar refractivity (Wildman–Crippen MR) is 88.0 cm³/mol. The van der Waals surface area contributed by atoms with Gasteiger partial charge < -0.3 is 9.64 Å². The lowest BCUT2D eigenvalue weighted by Crippen LogP contribution is -2.51. The Balaban J connectivity index is 1.49. The second-order valence-electron chi connectivity index (χ2n) is 7.07. The van der Waals surface area contributed by atoms with E-state index in [-0.39, 0.29) is 35.7 Å². The van der Waals surface area contributed by atoms with Crippen molar-refractivity contribution in [3.63, 3.8) is 0 Å². The first-order valence-corrected chi connectivity index (χ1v) is 8.67. The summed E-state index contributed by atoms with van der Waals surface area (Å²) in [5.41, 5.74) is 0. The largest absolute Gasteiger partial charge is 0.381 e. The van der Waals surface area contributed by atoms with E-state index in [0.29, 0.717) is 19.6 Å². The molecule has 3 amide bonds. The van der Waals surface area contributed by atoms with Crippen LogP contribution < -0.4 is 0 Å². The Hall–Kier alpha value is -1.63. The number of carbonyl (C=O) groups excluding carboxylic acids is 3. The average Bonchev–Trinajstić information content (AvgIpc) is 2.86. The summed E-state index contributed by atoms with van der Waals surface area (Å²) in [6, 6.07) is -0.409. The molecule has 128 valence electrons. The van der Waals surface area contributed by atoms with Crippen molar-refractivity contribution in [3.05, 3.63) is 12.2 Å². The minimum atomic E-state index is -0.409. The SMILES string of the molecule is [B]C1CN(C(=O)C2CCC(CN3C(=O)C=CC3=O)CC2)CC(C)O1. The Bertz CT molecular complexity index is 529. The molecule has 2 unspecified atom stereocenters. The number of imide groups is 1. The van der Waals surface area contributed by atoms with Gasteiger partial charge >= 0.3 is 0 Å². The number of carbonyl (C=O) groups is 3. The zero-order valence-electron chi connectivity index (χ0n) is 14.0. The minimum Gasteiger partial charge on any atom is -0.381 e. The third-order valence-corrected chi connectivity index (χ3v) is 5.13. The lowest BCUT2D eigenvalue weighted by atomic mass is 9.80. The first kappa shape index (κ1) is 17.2. The van der Waals surface area contributed by atoms with Gasteiger partial charge in [-0.25, -0.2) is 0 Å². The van der Waals surface area contributed by atoms with Crippen molar-refractivity contribution in [2.75, 3.05) is 19.6 Å². The summed E-state index contributed by atoms with van der Waals surface area (Å²) >= 11 is 0. The number of hydrogen-bond acceptors (Lipinski definition) is 4. The van der Waals surface area contributed by atoms with Gasteiger partial charge in [-0.15, -0.1) is 0 Å². The number of nitrogens with zero attached hydrogens (tertiary/aromatic N) is 2. The molecule has 2 aliphatic heterocycles. The van der Waals surface area contributed by atoms with Crippen molar-refractivity contribution >= 4 is 25.6 Å². The van der Waals surface area contributed by atoms with Crippen LogP contribution in [0.3, 0.4) is 0 Å². The van der Waals surface area contributed by atoms with Crippen molar-refractivity contribution in [1.82, 2.24) is 9.80 Å². The summed E-state index contributed by atoms with van der Waals surface area (Å²) in [6.07, 6.45) is 5.93. The van der Waals surface area contributed by atoms with Gasteiger partial charge in [0.15, 0.2) is 0 Å². The first-order valence-electron chi connectivity index (χ1n) is 8.67. The molecule has 0 bridgehead atoms. The van der Waals surface area contributed by atoms with E-state index in [0.717, 1.165) is 25.7 Å². The molecular formula is C17H23BN2O4. The molecule has 0 spiro atoms. The highest BCUT2D eigenvalue weighted by molar-refractivity contribution is 6.12. The van der Waals surface area contributed by atoms with E-state index >= 15 is 0 Å². The summed E-state index contributed by atoms with van der Waals surface area (Å²) in [7, 11) is 5.83. The van der Waals surface area contributed by atoms with Crippen molar-refractivity contribution < 1.29 is 19.1 Å². The molecule has 3 rings (SSSR count). The van der Waals surface area contributed by atoms with Crippen LogP contribution in [0, 0.1) is 11.8 Å². The fourth-order valence-electron chi connectivity index (χ4n) is 3.89. The molecule has 6 nitrogen and oxygen atoms in total. The third kappa shape index (κ3) is 3.71. The maximum atomic E-state index is 12.7. The molecule has 3 aliphatic rings.